The maximum atomic E-state index is 12.4. The zero-order valence-corrected chi connectivity index (χ0v) is 17.2. The van der Waals surface area contributed by atoms with Crippen LogP contribution in [0.4, 0.5) is 10.5 Å². The number of carbonyl (C=O) groups is 1. The first kappa shape index (κ1) is 21.1. The zero-order valence-electron chi connectivity index (χ0n) is 17.2. The summed E-state index contributed by atoms with van der Waals surface area (Å²) in [5.74, 6) is 0.563. The van der Waals surface area contributed by atoms with E-state index in [0.717, 1.165) is 65.1 Å². The number of amides is 2. The molecule has 2 aliphatic rings. The second-order valence-electron chi connectivity index (χ2n) is 7.71. The normalized spacial score (nSPS) is 21.8. The molecule has 2 N–H and O–H groups in total. The highest BCUT2D eigenvalue weighted by Crippen LogP contribution is 2.20. The minimum atomic E-state index is -0.180. The van der Waals surface area contributed by atoms with E-state index in [1.165, 1.54) is 0 Å². The van der Waals surface area contributed by atoms with E-state index in [9.17, 15) is 4.79 Å². The van der Waals surface area contributed by atoms with Crippen molar-refractivity contribution in [3.8, 4) is 0 Å². The molecule has 2 amide bonds. The molecule has 2 fully saturated rings. The van der Waals surface area contributed by atoms with Gasteiger partial charge in [-0.15, -0.1) is 0 Å². The fourth-order valence-corrected chi connectivity index (χ4v) is 4.23. The van der Waals surface area contributed by atoms with Crippen LogP contribution in [0.1, 0.15) is 39.5 Å². The summed E-state index contributed by atoms with van der Waals surface area (Å²) in [6.07, 6.45) is 8.19. The first-order chi connectivity index (χ1) is 13.7. The largest absolute Gasteiger partial charge is 0.379 e. The lowest BCUT2D eigenvalue weighted by Crippen LogP contribution is -2.52. The van der Waals surface area contributed by atoms with Crippen LogP contribution in [-0.4, -0.2) is 72.3 Å². The van der Waals surface area contributed by atoms with Crippen molar-refractivity contribution in [3.63, 3.8) is 0 Å². The van der Waals surface area contributed by atoms with Crippen molar-refractivity contribution in [2.24, 2.45) is 5.92 Å². The highest BCUT2D eigenvalue weighted by atomic mass is 16.5. The fourth-order valence-electron chi connectivity index (χ4n) is 4.23. The lowest BCUT2D eigenvalue weighted by atomic mass is 9.92. The summed E-state index contributed by atoms with van der Waals surface area (Å²) in [5.41, 5.74) is 0.709. The number of urea groups is 1. The molecule has 0 saturated carbocycles. The molecule has 1 aromatic rings. The van der Waals surface area contributed by atoms with Crippen LogP contribution in [0.25, 0.3) is 0 Å². The van der Waals surface area contributed by atoms with Gasteiger partial charge >= 0.3 is 6.03 Å². The molecule has 3 heterocycles. The minimum absolute atomic E-state index is 0.180. The quantitative estimate of drug-likeness (QED) is 0.673. The third kappa shape index (κ3) is 5.93. The van der Waals surface area contributed by atoms with Gasteiger partial charge < -0.3 is 20.1 Å². The molecule has 0 bridgehead atoms. The molecule has 2 saturated heterocycles. The molecule has 8 heteroatoms. The predicted octanol–water partition coefficient (Wildman–Crippen LogP) is 2.32. The van der Waals surface area contributed by atoms with Gasteiger partial charge in [0.25, 0.3) is 0 Å². The molecule has 2 atom stereocenters. The number of rotatable bonds is 9. The Kier molecular flexibility index (Phi) is 8.12. The third-order valence-electron chi connectivity index (χ3n) is 5.89. The van der Waals surface area contributed by atoms with Crippen LogP contribution in [0.15, 0.2) is 12.4 Å². The Labute approximate surface area is 167 Å². The van der Waals surface area contributed by atoms with Gasteiger partial charge in [0.1, 0.15) is 0 Å². The average Bonchev–Trinajstić information content (AvgIpc) is 3.38. The van der Waals surface area contributed by atoms with Crippen LogP contribution in [0, 0.1) is 5.92 Å². The number of anilines is 1. The molecule has 28 heavy (non-hydrogen) atoms. The molecule has 3 rings (SSSR count). The van der Waals surface area contributed by atoms with Crippen LogP contribution in [-0.2, 0) is 16.0 Å². The van der Waals surface area contributed by atoms with Crippen molar-refractivity contribution < 1.29 is 14.3 Å². The fraction of sp³-hybridized carbons (Fsp3) is 0.800. The number of nitrogens with zero attached hydrogens (tertiary/aromatic N) is 3. The Balaban J connectivity index is 1.49. The van der Waals surface area contributed by atoms with Crippen molar-refractivity contribution in [1.29, 1.82) is 0 Å². The Bertz CT molecular complexity index is 592. The van der Waals surface area contributed by atoms with Gasteiger partial charge in [0.05, 0.1) is 37.7 Å². The van der Waals surface area contributed by atoms with Gasteiger partial charge in [-0.1, -0.05) is 26.7 Å². The van der Waals surface area contributed by atoms with Crippen LogP contribution in [0.5, 0.6) is 0 Å². The van der Waals surface area contributed by atoms with Gasteiger partial charge in [0, 0.05) is 38.5 Å². The standard InChI is InChI=1S/C20H35N5O3/c1-3-16(4-2)19(24-7-10-27-11-8-24)13-21-20(26)23-17-12-22-25(14-17)15-18-6-5-9-28-18/h12,14,16,18-19H,3-11,13,15H2,1-2H3,(H2,21,23,26). The van der Waals surface area contributed by atoms with E-state index in [1.54, 1.807) is 6.20 Å². The van der Waals surface area contributed by atoms with Gasteiger partial charge in [0.15, 0.2) is 0 Å². The van der Waals surface area contributed by atoms with Gasteiger partial charge in [-0.25, -0.2) is 4.79 Å². The highest BCUT2D eigenvalue weighted by Gasteiger charge is 2.27. The first-order valence-corrected chi connectivity index (χ1v) is 10.7. The monoisotopic (exact) mass is 393 g/mol. The molecular weight excluding hydrogens is 358 g/mol. The molecule has 0 spiro atoms. The number of morpholine rings is 1. The molecule has 0 aliphatic carbocycles. The molecule has 158 valence electrons. The van der Waals surface area contributed by atoms with E-state index in [1.807, 2.05) is 10.9 Å². The van der Waals surface area contributed by atoms with E-state index in [0.29, 0.717) is 24.2 Å². The van der Waals surface area contributed by atoms with E-state index in [4.69, 9.17) is 9.47 Å². The van der Waals surface area contributed by atoms with E-state index >= 15 is 0 Å². The smallest absolute Gasteiger partial charge is 0.319 e. The van der Waals surface area contributed by atoms with Crippen molar-refractivity contribution in [3.05, 3.63) is 12.4 Å². The van der Waals surface area contributed by atoms with Gasteiger partial charge in [-0.2, -0.15) is 5.10 Å². The second kappa shape index (κ2) is 10.8. The molecule has 2 unspecified atom stereocenters. The number of carbonyl (C=O) groups excluding carboxylic acids is 1. The van der Waals surface area contributed by atoms with Crippen molar-refractivity contribution in [2.45, 2.75) is 58.2 Å². The number of ether oxygens (including phenoxy) is 2. The summed E-state index contributed by atoms with van der Waals surface area (Å²) >= 11 is 0. The molecule has 2 aliphatic heterocycles. The Hall–Kier alpha value is -1.64. The summed E-state index contributed by atoms with van der Waals surface area (Å²) in [6.45, 7) is 10.1. The van der Waals surface area contributed by atoms with Gasteiger partial charge in [-0.05, 0) is 18.8 Å². The summed E-state index contributed by atoms with van der Waals surface area (Å²) in [6, 6.07) is 0.160. The first-order valence-electron chi connectivity index (χ1n) is 10.7. The lowest BCUT2D eigenvalue weighted by Gasteiger charge is -2.38. The van der Waals surface area contributed by atoms with Crippen LogP contribution >= 0.6 is 0 Å². The average molecular weight is 394 g/mol. The molecular formula is C20H35N5O3. The number of nitrogens with one attached hydrogen (secondary N) is 2. The predicted molar refractivity (Wildman–Crippen MR) is 108 cm³/mol. The van der Waals surface area contributed by atoms with Crippen molar-refractivity contribution >= 4 is 11.7 Å². The minimum Gasteiger partial charge on any atom is -0.379 e. The summed E-state index contributed by atoms with van der Waals surface area (Å²) < 4.78 is 13.0. The maximum Gasteiger partial charge on any atom is 0.319 e. The highest BCUT2D eigenvalue weighted by molar-refractivity contribution is 5.88. The van der Waals surface area contributed by atoms with E-state index in [-0.39, 0.29) is 12.1 Å². The van der Waals surface area contributed by atoms with E-state index in [2.05, 4.69) is 34.5 Å². The number of aromatic nitrogens is 2. The van der Waals surface area contributed by atoms with Crippen molar-refractivity contribution in [1.82, 2.24) is 20.0 Å². The Morgan fingerprint density at radius 1 is 1.29 bits per heavy atom. The lowest BCUT2D eigenvalue weighted by molar-refractivity contribution is 0.00247. The molecule has 0 radical (unpaired) electrons. The molecule has 8 nitrogen and oxygen atoms in total. The topological polar surface area (TPSA) is 80.7 Å². The zero-order chi connectivity index (χ0) is 19.8. The maximum absolute atomic E-state index is 12.4. The third-order valence-corrected chi connectivity index (χ3v) is 5.89. The Morgan fingerprint density at radius 2 is 2.07 bits per heavy atom. The van der Waals surface area contributed by atoms with Gasteiger partial charge in [-0.3, -0.25) is 9.58 Å². The van der Waals surface area contributed by atoms with Crippen LogP contribution < -0.4 is 10.6 Å². The summed E-state index contributed by atoms with van der Waals surface area (Å²) in [7, 11) is 0. The molecule has 0 aromatic carbocycles. The van der Waals surface area contributed by atoms with Gasteiger partial charge in [0.2, 0.25) is 0 Å². The number of hydrogen-bond donors (Lipinski definition) is 2. The summed E-state index contributed by atoms with van der Waals surface area (Å²) in [5, 5.41) is 10.3. The number of hydrogen-bond acceptors (Lipinski definition) is 5. The molecule has 1 aromatic heterocycles. The van der Waals surface area contributed by atoms with Crippen molar-refractivity contribution in [2.75, 3.05) is 44.8 Å². The Morgan fingerprint density at radius 3 is 2.75 bits per heavy atom. The SMILES string of the molecule is CCC(CC)C(CNC(=O)Nc1cnn(CC2CCCO2)c1)N1CCOCC1. The van der Waals surface area contributed by atoms with E-state index < -0.39 is 0 Å². The second-order valence-corrected chi connectivity index (χ2v) is 7.71. The van der Waals surface area contributed by atoms with Crippen LogP contribution in [0.3, 0.4) is 0 Å². The van der Waals surface area contributed by atoms with Crippen LogP contribution in [0.2, 0.25) is 0 Å². The summed E-state index contributed by atoms with van der Waals surface area (Å²) in [4.78, 5) is 14.9.